The first-order valence-corrected chi connectivity index (χ1v) is 6.32. The fraction of sp³-hybridized carbons (Fsp3) is 0.364. The largest absolute Gasteiger partial charge is 0.330 e. The number of hydrogen-bond donors (Lipinski definition) is 1. The summed E-state index contributed by atoms with van der Waals surface area (Å²) >= 11 is 7.51. The molecular weight excluding hydrogens is 242 g/mol. The van der Waals surface area contributed by atoms with Crippen molar-refractivity contribution in [2.45, 2.75) is 6.42 Å². The Kier molecular flexibility index (Phi) is 3.63. The Bertz CT molecular complexity index is 475. The van der Waals surface area contributed by atoms with E-state index in [0.29, 0.717) is 0 Å². The fourth-order valence-electron chi connectivity index (χ4n) is 1.60. The third kappa shape index (κ3) is 2.29. The summed E-state index contributed by atoms with van der Waals surface area (Å²) in [6, 6.07) is 3.95. The first-order valence-electron chi connectivity index (χ1n) is 5.13. The molecule has 2 rings (SSSR count). The molecule has 0 atom stereocenters. The summed E-state index contributed by atoms with van der Waals surface area (Å²) in [4.78, 5) is 5.59. The zero-order chi connectivity index (χ0) is 11.5. The van der Waals surface area contributed by atoms with Crippen LogP contribution in [0, 0.1) is 0 Å². The molecule has 0 aliphatic heterocycles. The lowest BCUT2D eigenvalue weighted by Gasteiger charge is -2.03. The maximum Gasteiger partial charge on any atom is 0.110 e. The number of imidazole rings is 1. The minimum atomic E-state index is 0.813. The molecule has 0 spiro atoms. The minimum Gasteiger partial charge on any atom is -0.330 e. The number of hydrogen-bond acceptors (Lipinski definition) is 3. The summed E-state index contributed by atoms with van der Waals surface area (Å²) in [6.45, 7) is 0.940. The van der Waals surface area contributed by atoms with Gasteiger partial charge < -0.3 is 9.88 Å². The summed E-state index contributed by atoms with van der Waals surface area (Å²) in [7, 11) is 3.99. The molecular formula is C11H14ClN3S. The van der Waals surface area contributed by atoms with Gasteiger partial charge in [-0.15, -0.1) is 11.3 Å². The van der Waals surface area contributed by atoms with Gasteiger partial charge in [0.1, 0.15) is 5.82 Å². The molecule has 0 radical (unpaired) electrons. The molecule has 0 aliphatic rings. The van der Waals surface area contributed by atoms with E-state index in [1.54, 1.807) is 11.3 Å². The van der Waals surface area contributed by atoms with Gasteiger partial charge in [0.05, 0.1) is 21.1 Å². The monoisotopic (exact) mass is 255 g/mol. The van der Waals surface area contributed by atoms with Gasteiger partial charge in [-0.25, -0.2) is 4.98 Å². The molecule has 2 aromatic heterocycles. The zero-order valence-electron chi connectivity index (χ0n) is 9.33. The van der Waals surface area contributed by atoms with Crippen molar-refractivity contribution >= 4 is 22.9 Å². The van der Waals surface area contributed by atoms with Crippen LogP contribution in [0.5, 0.6) is 0 Å². The Balaban J connectivity index is 2.26. The highest BCUT2D eigenvalue weighted by molar-refractivity contribution is 7.19. The van der Waals surface area contributed by atoms with E-state index < -0.39 is 0 Å². The summed E-state index contributed by atoms with van der Waals surface area (Å²) < 4.78 is 2.94. The molecule has 86 valence electrons. The number of likely N-dealkylation sites (N-methyl/N-ethyl adjacent to an activating group) is 1. The smallest absolute Gasteiger partial charge is 0.110 e. The molecule has 0 aromatic carbocycles. The third-order valence-corrected chi connectivity index (χ3v) is 3.76. The molecule has 3 nitrogen and oxygen atoms in total. The van der Waals surface area contributed by atoms with Crippen LogP contribution < -0.4 is 5.32 Å². The molecule has 0 saturated carbocycles. The Labute approximate surface area is 104 Å². The number of rotatable bonds is 4. The number of nitrogens with one attached hydrogen (secondary N) is 1. The third-order valence-electron chi connectivity index (χ3n) is 2.51. The molecule has 2 aromatic rings. The molecule has 0 unspecified atom stereocenters. The zero-order valence-corrected chi connectivity index (χ0v) is 10.9. The summed E-state index contributed by atoms with van der Waals surface area (Å²) in [5, 5.41) is 3.12. The van der Waals surface area contributed by atoms with Crippen LogP contribution in [0.25, 0.3) is 10.6 Å². The van der Waals surface area contributed by atoms with Crippen LogP contribution in [0.2, 0.25) is 4.34 Å². The van der Waals surface area contributed by atoms with Crippen LogP contribution in [0.1, 0.15) is 5.82 Å². The molecule has 0 aliphatic carbocycles. The number of aromatic nitrogens is 2. The van der Waals surface area contributed by atoms with Crippen molar-refractivity contribution in [2.75, 3.05) is 13.6 Å². The molecule has 5 heteroatoms. The van der Waals surface area contributed by atoms with E-state index in [4.69, 9.17) is 11.6 Å². The van der Waals surface area contributed by atoms with Crippen LogP contribution in [-0.4, -0.2) is 23.1 Å². The molecule has 16 heavy (non-hydrogen) atoms. The van der Waals surface area contributed by atoms with E-state index >= 15 is 0 Å². The van der Waals surface area contributed by atoms with Crippen molar-refractivity contribution in [1.29, 1.82) is 0 Å². The number of nitrogens with zero attached hydrogens (tertiary/aromatic N) is 2. The van der Waals surface area contributed by atoms with Crippen LogP contribution in [0.4, 0.5) is 0 Å². The van der Waals surface area contributed by atoms with E-state index in [9.17, 15) is 0 Å². The van der Waals surface area contributed by atoms with E-state index in [-0.39, 0.29) is 0 Å². The maximum atomic E-state index is 5.93. The topological polar surface area (TPSA) is 29.9 Å². The van der Waals surface area contributed by atoms with Gasteiger partial charge in [0.25, 0.3) is 0 Å². The standard InChI is InChI=1S/C11H14ClN3S/c1-13-6-5-11-14-7-8(15(11)2)9-3-4-10(12)16-9/h3-4,7,13H,5-6H2,1-2H3. The van der Waals surface area contributed by atoms with Crippen LogP contribution >= 0.6 is 22.9 Å². The van der Waals surface area contributed by atoms with Gasteiger partial charge in [-0.3, -0.25) is 0 Å². The Morgan fingerprint density at radius 3 is 2.94 bits per heavy atom. The Morgan fingerprint density at radius 1 is 1.50 bits per heavy atom. The summed E-state index contributed by atoms with van der Waals surface area (Å²) in [5.41, 5.74) is 1.13. The minimum absolute atomic E-state index is 0.813. The van der Waals surface area contributed by atoms with Crippen LogP contribution in [0.15, 0.2) is 18.3 Å². The normalized spacial score (nSPS) is 10.9. The van der Waals surface area contributed by atoms with Gasteiger partial charge in [0.15, 0.2) is 0 Å². The molecule has 0 amide bonds. The second-order valence-electron chi connectivity index (χ2n) is 3.58. The Morgan fingerprint density at radius 2 is 2.31 bits per heavy atom. The molecule has 0 saturated heterocycles. The lowest BCUT2D eigenvalue weighted by atomic mass is 10.3. The highest BCUT2D eigenvalue weighted by Gasteiger charge is 2.09. The van der Waals surface area contributed by atoms with Crippen LogP contribution in [0.3, 0.4) is 0 Å². The first kappa shape index (κ1) is 11.6. The van der Waals surface area contributed by atoms with Gasteiger partial charge in [0, 0.05) is 20.0 Å². The van der Waals surface area contributed by atoms with Gasteiger partial charge in [-0.05, 0) is 19.2 Å². The summed E-state index contributed by atoms with van der Waals surface area (Å²) in [6.07, 6.45) is 2.85. The van der Waals surface area contributed by atoms with E-state index in [1.807, 2.05) is 32.4 Å². The van der Waals surface area contributed by atoms with Crippen molar-refractivity contribution in [1.82, 2.24) is 14.9 Å². The summed E-state index contributed by atoms with van der Waals surface area (Å²) in [5.74, 6) is 1.09. The molecule has 0 fully saturated rings. The maximum absolute atomic E-state index is 5.93. The quantitative estimate of drug-likeness (QED) is 0.910. The number of thiophene rings is 1. The van der Waals surface area contributed by atoms with Gasteiger partial charge in [-0.2, -0.15) is 0 Å². The average Bonchev–Trinajstić information content (AvgIpc) is 2.83. The average molecular weight is 256 g/mol. The second-order valence-corrected chi connectivity index (χ2v) is 5.29. The van der Waals surface area contributed by atoms with E-state index in [2.05, 4.69) is 14.9 Å². The lowest BCUT2D eigenvalue weighted by Crippen LogP contribution is -2.13. The first-order chi connectivity index (χ1) is 7.72. The molecule has 0 bridgehead atoms. The van der Waals surface area contributed by atoms with Crippen LogP contribution in [-0.2, 0) is 13.5 Å². The Hall–Kier alpha value is -0.840. The highest BCUT2D eigenvalue weighted by Crippen LogP contribution is 2.30. The van der Waals surface area contributed by atoms with Gasteiger partial charge >= 0.3 is 0 Å². The highest BCUT2D eigenvalue weighted by atomic mass is 35.5. The SMILES string of the molecule is CNCCc1ncc(-c2ccc(Cl)s2)n1C. The van der Waals surface area contributed by atoms with Crippen molar-refractivity contribution in [3.05, 3.63) is 28.5 Å². The number of halogens is 1. The van der Waals surface area contributed by atoms with Gasteiger partial charge in [-0.1, -0.05) is 11.6 Å². The van der Waals surface area contributed by atoms with Gasteiger partial charge in [0.2, 0.25) is 0 Å². The van der Waals surface area contributed by atoms with Crippen molar-refractivity contribution < 1.29 is 0 Å². The predicted octanol–water partition coefficient (Wildman–Crippen LogP) is 2.56. The predicted molar refractivity (Wildman–Crippen MR) is 69.2 cm³/mol. The fourth-order valence-corrected chi connectivity index (χ4v) is 2.69. The lowest BCUT2D eigenvalue weighted by molar-refractivity contribution is 0.720. The van der Waals surface area contributed by atoms with E-state index in [0.717, 1.165) is 33.7 Å². The molecule has 1 N–H and O–H groups in total. The second kappa shape index (κ2) is 4.99. The van der Waals surface area contributed by atoms with Crippen molar-refractivity contribution in [3.8, 4) is 10.6 Å². The van der Waals surface area contributed by atoms with Crippen molar-refractivity contribution in [3.63, 3.8) is 0 Å². The van der Waals surface area contributed by atoms with Crippen molar-refractivity contribution in [2.24, 2.45) is 7.05 Å². The molecule has 2 heterocycles. The van der Waals surface area contributed by atoms with E-state index in [1.165, 1.54) is 0 Å².